The summed E-state index contributed by atoms with van der Waals surface area (Å²) >= 11 is 0. The van der Waals surface area contributed by atoms with Crippen LogP contribution < -0.4 is 10.1 Å². The number of nitrogens with zero attached hydrogens (tertiary/aromatic N) is 1. The van der Waals surface area contributed by atoms with Crippen LogP contribution >= 0.6 is 0 Å². The number of benzene rings is 1. The van der Waals surface area contributed by atoms with E-state index in [4.69, 9.17) is 4.74 Å². The van der Waals surface area contributed by atoms with Gasteiger partial charge >= 0.3 is 0 Å². The molecule has 0 bridgehead atoms. The Hall–Kier alpha value is -1.22. The minimum absolute atomic E-state index is 0.738. The van der Waals surface area contributed by atoms with Crippen molar-refractivity contribution in [2.24, 2.45) is 5.92 Å². The molecule has 1 aromatic rings. The molecule has 0 heterocycles. The second kappa shape index (κ2) is 8.15. The summed E-state index contributed by atoms with van der Waals surface area (Å²) < 4.78 is 5.70. The van der Waals surface area contributed by atoms with Crippen LogP contribution in [-0.4, -0.2) is 38.7 Å². The molecule has 0 amide bonds. The quantitative estimate of drug-likeness (QED) is 0.823. The number of ether oxygens (including phenoxy) is 1. The highest BCUT2D eigenvalue weighted by atomic mass is 16.5. The van der Waals surface area contributed by atoms with Crippen LogP contribution in [0.5, 0.6) is 5.75 Å². The topological polar surface area (TPSA) is 24.5 Å². The van der Waals surface area contributed by atoms with Crippen LogP contribution in [-0.2, 0) is 0 Å². The summed E-state index contributed by atoms with van der Waals surface area (Å²) in [6.07, 6.45) is 7.02. The van der Waals surface area contributed by atoms with Gasteiger partial charge in [0.15, 0.2) is 0 Å². The predicted octanol–water partition coefficient (Wildman–Crippen LogP) is 3.62. The maximum Gasteiger partial charge on any atom is 0.119 e. The van der Waals surface area contributed by atoms with Gasteiger partial charge in [-0.2, -0.15) is 0 Å². The Morgan fingerprint density at radius 3 is 2.45 bits per heavy atom. The van der Waals surface area contributed by atoms with Gasteiger partial charge in [-0.25, -0.2) is 0 Å². The van der Waals surface area contributed by atoms with E-state index in [9.17, 15) is 0 Å². The van der Waals surface area contributed by atoms with Crippen molar-refractivity contribution >= 4 is 5.69 Å². The Labute approximate surface area is 123 Å². The third-order valence-corrected chi connectivity index (χ3v) is 3.98. The minimum atomic E-state index is 0.738. The second-order valence-corrected chi connectivity index (χ2v) is 6.06. The van der Waals surface area contributed by atoms with E-state index in [1.54, 1.807) is 0 Å². The molecule has 1 aliphatic carbocycles. The van der Waals surface area contributed by atoms with Crippen molar-refractivity contribution < 1.29 is 4.74 Å². The minimum Gasteiger partial charge on any atom is -0.492 e. The number of nitrogens with one attached hydrogen (secondary N) is 1. The third-order valence-electron chi connectivity index (χ3n) is 3.98. The van der Waals surface area contributed by atoms with E-state index in [0.29, 0.717) is 0 Å². The van der Waals surface area contributed by atoms with Gasteiger partial charge in [0, 0.05) is 18.8 Å². The van der Waals surface area contributed by atoms with E-state index < -0.39 is 0 Å². The Bertz CT molecular complexity index is 369. The lowest BCUT2D eigenvalue weighted by Crippen LogP contribution is -2.19. The van der Waals surface area contributed by atoms with Crippen molar-refractivity contribution in [2.75, 3.05) is 39.1 Å². The van der Waals surface area contributed by atoms with Crippen LogP contribution in [0.15, 0.2) is 24.3 Å². The van der Waals surface area contributed by atoms with Crippen molar-refractivity contribution in [3.05, 3.63) is 24.3 Å². The Morgan fingerprint density at radius 2 is 1.80 bits per heavy atom. The number of anilines is 1. The number of hydrogen-bond acceptors (Lipinski definition) is 3. The number of rotatable bonds is 7. The molecule has 1 saturated carbocycles. The molecule has 1 fully saturated rings. The Balaban J connectivity index is 1.70. The lowest BCUT2D eigenvalue weighted by molar-refractivity contribution is 0.261. The summed E-state index contributed by atoms with van der Waals surface area (Å²) in [6, 6.07) is 8.35. The fourth-order valence-electron chi connectivity index (χ4n) is 2.67. The monoisotopic (exact) mass is 276 g/mol. The molecule has 1 aliphatic rings. The Morgan fingerprint density at radius 1 is 1.10 bits per heavy atom. The first kappa shape index (κ1) is 15.2. The van der Waals surface area contributed by atoms with Crippen LogP contribution in [0.1, 0.15) is 32.1 Å². The molecule has 112 valence electrons. The first-order chi connectivity index (χ1) is 9.74. The molecule has 0 aromatic heterocycles. The molecule has 3 nitrogen and oxygen atoms in total. The van der Waals surface area contributed by atoms with E-state index in [2.05, 4.69) is 48.6 Å². The second-order valence-electron chi connectivity index (χ2n) is 6.06. The lowest BCUT2D eigenvalue weighted by atomic mass is 9.89. The Kier molecular flexibility index (Phi) is 6.19. The molecule has 20 heavy (non-hydrogen) atoms. The molecule has 0 unspecified atom stereocenters. The average molecular weight is 276 g/mol. The van der Waals surface area contributed by atoms with Gasteiger partial charge in [0.05, 0.1) is 0 Å². The molecule has 0 atom stereocenters. The third kappa shape index (κ3) is 5.41. The van der Waals surface area contributed by atoms with Crippen LogP contribution in [0.3, 0.4) is 0 Å². The predicted molar refractivity (Wildman–Crippen MR) is 85.6 cm³/mol. The smallest absolute Gasteiger partial charge is 0.119 e. The lowest BCUT2D eigenvalue weighted by Gasteiger charge is -2.22. The zero-order valence-electron chi connectivity index (χ0n) is 12.9. The molecule has 0 spiro atoms. The molecule has 3 heteroatoms. The molecule has 1 N–H and O–H groups in total. The molecule has 2 rings (SSSR count). The van der Waals surface area contributed by atoms with Crippen LogP contribution in [0.2, 0.25) is 0 Å². The first-order valence-electron chi connectivity index (χ1n) is 7.85. The van der Waals surface area contributed by atoms with Gasteiger partial charge in [0.25, 0.3) is 0 Å². The van der Waals surface area contributed by atoms with Crippen LogP contribution in [0.25, 0.3) is 0 Å². The first-order valence-corrected chi connectivity index (χ1v) is 7.85. The molecule has 0 saturated heterocycles. The number of likely N-dealkylation sites (N-methyl/N-ethyl adjacent to an activating group) is 1. The van der Waals surface area contributed by atoms with Gasteiger partial charge in [-0.1, -0.05) is 19.3 Å². The zero-order chi connectivity index (χ0) is 14.2. The summed E-state index contributed by atoms with van der Waals surface area (Å²) in [5.41, 5.74) is 1.20. The molecular formula is C17H28N2O. The molecular weight excluding hydrogens is 248 g/mol. The number of hydrogen-bond donors (Lipinski definition) is 1. The van der Waals surface area contributed by atoms with Gasteiger partial charge in [-0.05, 0) is 57.1 Å². The van der Waals surface area contributed by atoms with Crippen LogP contribution in [0.4, 0.5) is 5.69 Å². The zero-order valence-corrected chi connectivity index (χ0v) is 12.9. The van der Waals surface area contributed by atoms with E-state index in [0.717, 1.165) is 31.4 Å². The van der Waals surface area contributed by atoms with Crippen molar-refractivity contribution in [3.63, 3.8) is 0 Å². The van der Waals surface area contributed by atoms with E-state index >= 15 is 0 Å². The normalized spacial score (nSPS) is 16.4. The van der Waals surface area contributed by atoms with Crippen molar-refractivity contribution in [1.82, 2.24) is 4.90 Å². The van der Waals surface area contributed by atoms with E-state index in [1.165, 1.54) is 37.8 Å². The van der Waals surface area contributed by atoms with Crippen molar-refractivity contribution in [1.29, 1.82) is 0 Å². The molecule has 0 radical (unpaired) electrons. The largest absolute Gasteiger partial charge is 0.492 e. The van der Waals surface area contributed by atoms with E-state index in [1.807, 2.05) is 0 Å². The maximum absolute atomic E-state index is 5.70. The fourth-order valence-corrected chi connectivity index (χ4v) is 2.67. The summed E-state index contributed by atoms with van der Waals surface area (Å²) in [7, 11) is 4.11. The summed E-state index contributed by atoms with van der Waals surface area (Å²) in [5.74, 6) is 1.81. The van der Waals surface area contributed by atoms with Gasteiger partial charge in [-0.3, -0.25) is 0 Å². The highest BCUT2D eigenvalue weighted by Crippen LogP contribution is 2.24. The summed E-state index contributed by atoms with van der Waals surface area (Å²) in [6.45, 7) is 2.80. The van der Waals surface area contributed by atoms with Crippen LogP contribution in [0, 0.1) is 5.92 Å². The van der Waals surface area contributed by atoms with Gasteiger partial charge < -0.3 is 15.0 Å². The van der Waals surface area contributed by atoms with Crippen molar-refractivity contribution in [2.45, 2.75) is 32.1 Å². The van der Waals surface area contributed by atoms with E-state index in [-0.39, 0.29) is 0 Å². The maximum atomic E-state index is 5.70. The molecule has 0 aliphatic heterocycles. The standard InChI is InChI=1S/C17H28N2O/c1-19(2)12-13-20-17-10-8-16(9-11-17)18-14-15-6-4-3-5-7-15/h8-11,15,18H,3-7,12-14H2,1-2H3. The molecule has 1 aromatic carbocycles. The highest BCUT2D eigenvalue weighted by molar-refractivity contribution is 5.46. The van der Waals surface area contributed by atoms with Gasteiger partial charge in [-0.15, -0.1) is 0 Å². The van der Waals surface area contributed by atoms with Gasteiger partial charge in [0.2, 0.25) is 0 Å². The SMILES string of the molecule is CN(C)CCOc1ccc(NCC2CCCCC2)cc1. The van der Waals surface area contributed by atoms with Crippen molar-refractivity contribution in [3.8, 4) is 5.75 Å². The summed E-state index contributed by atoms with van der Waals surface area (Å²) in [4.78, 5) is 2.13. The van der Waals surface area contributed by atoms with Gasteiger partial charge in [0.1, 0.15) is 12.4 Å². The average Bonchev–Trinajstić information content (AvgIpc) is 2.47. The fraction of sp³-hybridized carbons (Fsp3) is 0.647. The highest BCUT2D eigenvalue weighted by Gasteiger charge is 2.12. The summed E-state index contributed by atoms with van der Waals surface area (Å²) in [5, 5.41) is 3.55.